The standard InChI is InChI=1S/C21H25F3N2O4S/c1-3-30-19-11-9-16(10-12-19)6-5-13-25-20(27)15-26(31(2,28)29)18-8-4-7-17(14-18)21(22,23)24/h4,7-12,14H,3,5-6,13,15H2,1-2H3,(H,25,27). The summed E-state index contributed by atoms with van der Waals surface area (Å²) in [5.74, 6) is 0.171. The number of carbonyl (C=O) groups excluding carboxylic acids is 1. The summed E-state index contributed by atoms with van der Waals surface area (Å²) in [6.45, 7) is 2.17. The molecule has 10 heteroatoms. The highest BCUT2D eigenvalue weighted by molar-refractivity contribution is 7.92. The van der Waals surface area contributed by atoms with Gasteiger partial charge in [0.25, 0.3) is 0 Å². The van der Waals surface area contributed by atoms with Crippen LogP contribution in [0.1, 0.15) is 24.5 Å². The fraction of sp³-hybridized carbons (Fsp3) is 0.381. The van der Waals surface area contributed by atoms with Crippen LogP contribution in [0.3, 0.4) is 0 Å². The van der Waals surface area contributed by atoms with Crippen molar-refractivity contribution < 1.29 is 31.1 Å². The van der Waals surface area contributed by atoms with Crippen molar-refractivity contribution in [3.63, 3.8) is 0 Å². The van der Waals surface area contributed by atoms with E-state index in [0.717, 1.165) is 29.7 Å². The van der Waals surface area contributed by atoms with Gasteiger partial charge in [0, 0.05) is 6.54 Å². The van der Waals surface area contributed by atoms with Crippen LogP contribution in [0, 0.1) is 0 Å². The topological polar surface area (TPSA) is 75.7 Å². The van der Waals surface area contributed by atoms with Gasteiger partial charge in [0.1, 0.15) is 12.3 Å². The van der Waals surface area contributed by atoms with Gasteiger partial charge in [-0.05, 0) is 55.7 Å². The lowest BCUT2D eigenvalue weighted by atomic mass is 10.1. The number of hydrogen-bond donors (Lipinski definition) is 1. The molecule has 0 aliphatic carbocycles. The van der Waals surface area contributed by atoms with Crippen molar-refractivity contribution in [2.75, 3.05) is 30.3 Å². The summed E-state index contributed by atoms with van der Waals surface area (Å²) in [6.07, 6.45) is -2.48. The largest absolute Gasteiger partial charge is 0.494 e. The zero-order valence-corrected chi connectivity index (χ0v) is 18.1. The van der Waals surface area contributed by atoms with Gasteiger partial charge in [-0.3, -0.25) is 9.10 Å². The monoisotopic (exact) mass is 458 g/mol. The number of amides is 1. The fourth-order valence-electron chi connectivity index (χ4n) is 2.86. The van der Waals surface area contributed by atoms with Gasteiger partial charge in [-0.2, -0.15) is 13.2 Å². The quantitative estimate of drug-likeness (QED) is 0.552. The SMILES string of the molecule is CCOc1ccc(CCCNC(=O)CN(c2cccc(C(F)(F)F)c2)S(C)(=O)=O)cc1. The molecule has 2 rings (SSSR count). The summed E-state index contributed by atoms with van der Waals surface area (Å²) in [7, 11) is -3.96. The lowest BCUT2D eigenvalue weighted by Crippen LogP contribution is -2.40. The zero-order chi connectivity index (χ0) is 23.1. The molecule has 0 spiro atoms. The number of rotatable bonds is 10. The Hall–Kier alpha value is -2.75. The minimum atomic E-state index is -4.62. The van der Waals surface area contributed by atoms with Crippen LogP contribution in [-0.2, 0) is 27.4 Å². The molecule has 2 aromatic rings. The summed E-state index contributed by atoms with van der Waals surface area (Å²) in [5, 5.41) is 2.61. The molecule has 1 amide bonds. The van der Waals surface area contributed by atoms with Crippen LogP contribution in [0.4, 0.5) is 18.9 Å². The number of nitrogens with zero attached hydrogens (tertiary/aromatic N) is 1. The Morgan fingerprint density at radius 2 is 1.81 bits per heavy atom. The number of aryl methyl sites for hydroxylation is 1. The van der Waals surface area contributed by atoms with E-state index in [-0.39, 0.29) is 5.69 Å². The molecule has 170 valence electrons. The third kappa shape index (κ3) is 7.78. The van der Waals surface area contributed by atoms with Gasteiger partial charge in [-0.15, -0.1) is 0 Å². The van der Waals surface area contributed by atoms with E-state index >= 15 is 0 Å². The molecule has 0 aliphatic rings. The van der Waals surface area contributed by atoms with Crippen molar-refractivity contribution in [1.82, 2.24) is 5.32 Å². The summed E-state index contributed by atoms with van der Waals surface area (Å²) < 4.78 is 69.0. The lowest BCUT2D eigenvalue weighted by molar-refractivity contribution is -0.137. The van der Waals surface area contributed by atoms with E-state index in [4.69, 9.17) is 4.74 Å². The molecule has 31 heavy (non-hydrogen) atoms. The van der Waals surface area contributed by atoms with Crippen LogP contribution in [0.15, 0.2) is 48.5 Å². The molecule has 1 N–H and O–H groups in total. The minimum absolute atomic E-state index is 0.220. The number of hydrogen-bond acceptors (Lipinski definition) is 4. The van der Waals surface area contributed by atoms with E-state index in [2.05, 4.69) is 5.32 Å². The first-order valence-corrected chi connectivity index (χ1v) is 11.5. The highest BCUT2D eigenvalue weighted by Gasteiger charge is 2.31. The Morgan fingerprint density at radius 3 is 2.39 bits per heavy atom. The highest BCUT2D eigenvalue weighted by Crippen LogP contribution is 2.32. The second-order valence-corrected chi connectivity index (χ2v) is 8.76. The second kappa shape index (κ2) is 10.5. The van der Waals surface area contributed by atoms with Crippen molar-refractivity contribution in [3.8, 4) is 5.75 Å². The maximum atomic E-state index is 12.9. The average Bonchev–Trinajstić information content (AvgIpc) is 2.69. The second-order valence-electron chi connectivity index (χ2n) is 6.85. The maximum absolute atomic E-state index is 12.9. The third-order valence-electron chi connectivity index (χ3n) is 4.35. The number of carbonyl (C=O) groups is 1. The minimum Gasteiger partial charge on any atom is -0.494 e. The third-order valence-corrected chi connectivity index (χ3v) is 5.49. The Labute approximate surface area is 180 Å². The van der Waals surface area contributed by atoms with Crippen LogP contribution in [0.5, 0.6) is 5.75 Å². The normalized spacial score (nSPS) is 11.8. The van der Waals surface area contributed by atoms with E-state index < -0.39 is 34.2 Å². The molecule has 0 unspecified atom stereocenters. The van der Waals surface area contributed by atoms with E-state index in [0.29, 0.717) is 36.4 Å². The van der Waals surface area contributed by atoms with Crippen LogP contribution < -0.4 is 14.4 Å². The van der Waals surface area contributed by atoms with E-state index in [9.17, 15) is 26.4 Å². The molecule has 0 radical (unpaired) electrons. The Balaban J connectivity index is 1.93. The molecular weight excluding hydrogens is 433 g/mol. The molecule has 0 saturated heterocycles. The molecule has 0 heterocycles. The molecule has 0 saturated carbocycles. The van der Waals surface area contributed by atoms with E-state index in [1.54, 1.807) is 0 Å². The summed E-state index contributed by atoms with van der Waals surface area (Å²) in [6, 6.07) is 11.4. The van der Waals surface area contributed by atoms with Crippen molar-refractivity contribution in [3.05, 3.63) is 59.7 Å². The van der Waals surface area contributed by atoms with Crippen molar-refractivity contribution in [2.45, 2.75) is 25.9 Å². The lowest BCUT2D eigenvalue weighted by Gasteiger charge is -2.22. The van der Waals surface area contributed by atoms with Gasteiger partial charge in [-0.25, -0.2) is 8.42 Å². The molecule has 6 nitrogen and oxygen atoms in total. The Morgan fingerprint density at radius 1 is 1.13 bits per heavy atom. The number of sulfonamides is 1. The predicted octanol–water partition coefficient (Wildman–Crippen LogP) is 3.62. The van der Waals surface area contributed by atoms with Gasteiger partial charge in [0.2, 0.25) is 15.9 Å². The number of halogens is 3. The van der Waals surface area contributed by atoms with Gasteiger partial charge in [-0.1, -0.05) is 18.2 Å². The fourth-order valence-corrected chi connectivity index (χ4v) is 3.71. The van der Waals surface area contributed by atoms with Gasteiger partial charge >= 0.3 is 6.18 Å². The first kappa shape index (κ1) is 24.5. The predicted molar refractivity (Wildman–Crippen MR) is 113 cm³/mol. The van der Waals surface area contributed by atoms with Crippen LogP contribution in [0.25, 0.3) is 0 Å². The van der Waals surface area contributed by atoms with Crippen LogP contribution in [0.2, 0.25) is 0 Å². The van der Waals surface area contributed by atoms with E-state index in [1.165, 1.54) is 6.07 Å². The number of ether oxygens (including phenoxy) is 1. The van der Waals surface area contributed by atoms with Crippen molar-refractivity contribution in [2.24, 2.45) is 0 Å². The molecule has 0 atom stereocenters. The first-order chi connectivity index (χ1) is 14.5. The van der Waals surface area contributed by atoms with Gasteiger partial charge in [0.05, 0.1) is 24.1 Å². The zero-order valence-electron chi connectivity index (χ0n) is 17.3. The smallest absolute Gasteiger partial charge is 0.416 e. The van der Waals surface area contributed by atoms with Crippen molar-refractivity contribution >= 4 is 21.6 Å². The number of nitrogens with one attached hydrogen (secondary N) is 1. The highest BCUT2D eigenvalue weighted by atomic mass is 32.2. The summed E-state index contributed by atoms with van der Waals surface area (Å²) >= 11 is 0. The van der Waals surface area contributed by atoms with Crippen LogP contribution in [-0.4, -0.2) is 40.3 Å². The number of benzene rings is 2. The summed E-state index contributed by atoms with van der Waals surface area (Å²) in [5.41, 5.74) is -0.157. The number of anilines is 1. The maximum Gasteiger partial charge on any atom is 0.416 e. The van der Waals surface area contributed by atoms with E-state index in [1.807, 2.05) is 31.2 Å². The molecule has 0 fully saturated rings. The first-order valence-electron chi connectivity index (χ1n) is 9.64. The summed E-state index contributed by atoms with van der Waals surface area (Å²) in [4.78, 5) is 12.2. The van der Waals surface area contributed by atoms with Crippen molar-refractivity contribution in [1.29, 1.82) is 0 Å². The molecule has 0 bridgehead atoms. The Kier molecular flexibility index (Phi) is 8.32. The van der Waals surface area contributed by atoms with Gasteiger partial charge < -0.3 is 10.1 Å². The van der Waals surface area contributed by atoms with Gasteiger partial charge in [0.15, 0.2) is 0 Å². The average molecular weight is 459 g/mol. The Bertz CT molecular complexity index is 977. The molecular formula is C21H25F3N2O4S. The molecule has 0 aromatic heterocycles. The number of alkyl halides is 3. The molecule has 2 aromatic carbocycles. The van der Waals surface area contributed by atoms with Crippen LogP contribution >= 0.6 is 0 Å². The molecule has 0 aliphatic heterocycles.